The summed E-state index contributed by atoms with van der Waals surface area (Å²) in [4.78, 5) is 14.3. The molecule has 126 valence electrons. The van der Waals surface area contributed by atoms with Crippen molar-refractivity contribution in [2.24, 2.45) is 0 Å². The van der Waals surface area contributed by atoms with E-state index in [-0.39, 0.29) is 12.0 Å². The van der Waals surface area contributed by atoms with Crippen LogP contribution in [-0.4, -0.2) is 44.8 Å². The molecular formula is C19H18N4O2. The monoisotopic (exact) mass is 334 g/mol. The standard InChI is InChI=1S/C19H18N4O2/c1-14-4-2-3-5-18(14)25-17-10-22(11-17)19(24)15-6-8-16(9-7-15)23-12-20-21-13-23/h2-9,12-13,17H,10-11H2,1H3. The predicted molar refractivity (Wildman–Crippen MR) is 92.9 cm³/mol. The quantitative estimate of drug-likeness (QED) is 0.735. The molecule has 4 rings (SSSR count). The van der Waals surface area contributed by atoms with E-state index in [1.807, 2.05) is 55.5 Å². The van der Waals surface area contributed by atoms with Gasteiger partial charge in [0.1, 0.15) is 24.5 Å². The largest absolute Gasteiger partial charge is 0.486 e. The average molecular weight is 334 g/mol. The van der Waals surface area contributed by atoms with E-state index < -0.39 is 0 Å². The van der Waals surface area contributed by atoms with Gasteiger partial charge in [-0.3, -0.25) is 9.36 Å². The van der Waals surface area contributed by atoms with Gasteiger partial charge in [-0.25, -0.2) is 0 Å². The molecule has 6 nitrogen and oxygen atoms in total. The fourth-order valence-electron chi connectivity index (χ4n) is 2.84. The van der Waals surface area contributed by atoms with Gasteiger partial charge in [0, 0.05) is 11.3 Å². The van der Waals surface area contributed by atoms with Crippen LogP contribution in [0.25, 0.3) is 5.69 Å². The Morgan fingerprint density at radius 3 is 2.40 bits per heavy atom. The Labute approximate surface area is 145 Å². The second kappa shape index (κ2) is 6.39. The van der Waals surface area contributed by atoms with Crippen LogP contribution in [0.15, 0.2) is 61.2 Å². The molecular weight excluding hydrogens is 316 g/mol. The van der Waals surface area contributed by atoms with Crippen LogP contribution in [0, 0.1) is 6.92 Å². The number of nitrogens with zero attached hydrogens (tertiary/aromatic N) is 4. The van der Waals surface area contributed by atoms with Crippen molar-refractivity contribution in [2.45, 2.75) is 13.0 Å². The van der Waals surface area contributed by atoms with Gasteiger partial charge < -0.3 is 9.64 Å². The smallest absolute Gasteiger partial charge is 0.254 e. The van der Waals surface area contributed by atoms with Gasteiger partial charge in [0.05, 0.1) is 13.1 Å². The zero-order valence-electron chi connectivity index (χ0n) is 13.9. The lowest BCUT2D eigenvalue weighted by Gasteiger charge is -2.39. The maximum atomic E-state index is 12.5. The molecule has 1 amide bonds. The summed E-state index contributed by atoms with van der Waals surface area (Å²) in [5.74, 6) is 0.915. The highest BCUT2D eigenvalue weighted by molar-refractivity contribution is 5.95. The van der Waals surface area contributed by atoms with Crippen molar-refractivity contribution in [1.29, 1.82) is 0 Å². The summed E-state index contributed by atoms with van der Waals surface area (Å²) < 4.78 is 7.75. The number of carbonyl (C=O) groups excluding carboxylic acids is 1. The summed E-state index contributed by atoms with van der Waals surface area (Å²) in [5.41, 5.74) is 2.70. The van der Waals surface area contributed by atoms with E-state index in [2.05, 4.69) is 10.2 Å². The van der Waals surface area contributed by atoms with Crippen molar-refractivity contribution in [1.82, 2.24) is 19.7 Å². The van der Waals surface area contributed by atoms with Gasteiger partial charge in [0.15, 0.2) is 0 Å². The summed E-state index contributed by atoms with van der Waals surface area (Å²) >= 11 is 0. The van der Waals surface area contributed by atoms with Gasteiger partial charge in [0.25, 0.3) is 5.91 Å². The van der Waals surface area contributed by atoms with Gasteiger partial charge in [0.2, 0.25) is 0 Å². The van der Waals surface area contributed by atoms with Crippen LogP contribution in [0.4, 0.5) is 0 Å². The summed E-state index contributed by atoms with van der Waals surface area (Å²) in [6.07, 6.45) is 3.31. The lowest BCUT2D eigenvalue weighted by molar-refractivity contribution is 0.0175. The molecule has 0 radical (unpaired) electrons. The van der Waals surface area contributed by atoms with Gasteiger partial charge in [-0.1, -0.05) is 18.2 Å². The number of ether oxygens (including phenoxy) is 1. The van der Waals surface area contributed by atoms with Crippen LogP contribution >= 0.6 is 0 Å². The highest BCUT2D eigenvalue weighted by Gasteiger charge is 2.33. The molecule has 1 aliphatic heterocycles. The van der Waals surface area contributed by atoms with Gasteiger partial charge >= 0.3 is 0 Å². The Kier molecular flexibility index (Phi) is 3.93. The third-order valence-electron chi connectivity index (χ3n) is 4.35. The van der Waals surface area contributed by atoms with Crippen molar-refractivity contribution in [3.05, 3.63) is 72.3 Å². The van der Waals surface area contributed by atoms with Crippen LogP contribution in [0.1, 0.15) is 15.9 Å². The molecule has 6 heteroatoms. The minimum atomic E-state index is 0.0277. The van der Waals surface area contributed by atoms with Crippen LogP contribution in [0.3, 0.4) is 0 Å². The first kappa shape index (κ1) is 15.4. The highest BCUT2D eigenvalue weighted by atomic mass is 16.5. The molecule has 0 N–H and O–H groups in total. The van der Waals surface area contributed by atoms with E-state index in [9.17, 15) is 4.79 Å². The number of amides is 1. The fraction of sp³-hybridized carbons (Fsp3) is 0.211. The molecule has 2 heterocycles. The van der Waals surface area contributed by atoms with Crippen molar-refractivity contribution in [3.63, 3.8) is 0 Å². The highest BCUT2D eigenvalue weighted by Crippen LogP contribution is 2.23. The minimum absolute atomic E-state index is 0.0277. The predicted octanol–water partition coefficient (Wildman–Crippen LogP) is 2.48. The lowest BCUT2D eigenvalue weighted by atomic mass is 10.1. The summed E-state index contributed by atoms with van der Waals surface area (Å²) in [6, 6.07) is 15.4. The average Bonchev–Trinajstić information content (AvgIpc) is 3.13. The number of carbonyl (C=O) groups is 1. The van der Waals surface area contributed by atoms with E-state index in [0.29, 0.717) is 18.7 Å². The van der Waals surface area contributed by atoms with Crippen LogP contribution < -0.4 is 4.74 Å². The van der Waals surface area contributed by atoms with Gasteiger partial charge in [-0.2, -0.15) is 0 Å². The van der Waals surface area contributed by atoms with Crippen LogP contribution in [0.2, 0.25) is 0 Å². The van der Waals surface area contributed by atoms with Crippen molar-refractivity contribution >= 4 is 5.91 Å². The second-order valence-electron chi connectivity index (χ2n) is 6.13. The third-order valence-corrected chi connectivity index (χ3v) is 4.35. The molecule has 1 fully saturated rings. The number of rotatable bonds is 4. The first-order chi connectivity index (χ1) is 12.2. The minimum Gasteiger partial charge on any atom is -0.486 e. The molecule has 1 aromatic heterocycles. The molecule has 0 bridgehead atoms. The summed E-state index contributed by atoms with van der Waals surface area (Å²) in [7, 11) is 0. The molecule has 2 aromatic carbocycles. The van der Waals surface area contributed by atoms with E-state index in [4.69, 9.17) is 4.74 Å². The molecule has 0 saturated carbocycles. The van der Waals surface area contributed by atoms with Crippen LogP contribution in [-0.2, 0) is 0 Å². The number of likely N-dealkylation sites (tertiary alicyclic amines) is 1. The Hall–Kier alpha value is -3.15. The number of aryl methyl sites for hydroxylation is 1. The first-order valence-electron chi connectivity index (χ1n) is 8.17. The first-order valence-corrected chi connectivity index (χ1v) is 8.17. The Balaban J connectivity index is 1.36. The number of para-hydroxylation sites is 1. The zero-order chi connectivity index (χ0) is 17.2. The van der Waals surface area contributed by atoms with Crippen molar-refractivity contribution in [3.8, 4) is 11.4 Å². The Morgan fingerprint density at radius 2 is 1.72 bits per heavy atom. The molecule has 1 saturated heterocycles. The summed E-state index contributed by atoms with van der Waals surface area (Å²) in [5, 5.41) is 7.56. The van der Waals surface area contributed by atoms with Gasteiger partial charge in [-0.05, 0) is 42.8 Å². The van der Waals surface area contributed by atoms with E-state index in [1.54, 1.807) is 22.1 Å². The number of benzene rings is 2. The summed E-state index contributed by atoms with van der Waals surface area (Å²) in [6.45, 7) is 3.25. The fourth-order valence-corrected chi connectivity index (χ4v) is 2.84. The third kappa shape index (κ3) is 3.10. The molecule has 1 aliphatic rings. The molecule has 25 heavy (non-hydrogen) atoms. The van der Waals surface area contributed by atoms with Crippen LogP contribution in [0.5, 0.6) is 5.75 Å². The second-order valence-corrected chi connectivity index (χ2v) is 6.13. The van der Waals surface area contributed by atoms with E-state index in [0.717, 1.165) is 17.0 Å². The lowest BCUT2D eigenvalue weighted by Crippen LogP contribution is -2.56. The molecule has 0 unspecified atom stereocenters. The number of aromatic nitrogens is 3. The van der Waals surface area contributed by atoms with Crippen molar-refractivity contribution < 1.29 is 9.53 Å². The molecule has 0 spiro atoms. The maximum absolute atomic E-state index is 12.5. The maximum Gasteiger partial charge on any atom is 0.254 e. The molecule has 0 aliphatic carbocycles. The Morgan fingerprint density at radius 1 is 1.04 bits per heavy atom. The zero-order valence-corrected chi connectivity index (χ0v) is 13.9. The Bertz CT molecular complexity index is 869. The SMILES string of the molecule is Cc1ccccc1OC1CN(C(=O)c2ccc(-n3cnnc3)cc2)C1. The van der Waals surface area contributed by atoms with E-state index in [1.165, 1.54) is 0 Å². The van der Waals surface area contributed by atoms with Crippen molar-refractivity contribution in [2.75, 3.05) is 13.1 Å². The van der Waals surface area contributed by atoms with Gasteiger partial charge in [-0.15, -0.1) is 10.2 Å². The van der Waals surface area contributed by atoms with E-state index >= 15 is 0 Å². The number of hydrogen-bond donors (Lipinski definition) is 0. The molecule has 0 atom stereocenters. The number of hydrogen-bond acceptors (Lipinski definition) is 4. The molecule has 3 aromatic rings. The topological polar surface area (TPSA) is 60.2 Å². The normalized spacial score (nSPS) is 14.2.